The summed E-state index contributed by atoms with van der Waals surface area (Å²) in [7, 11) is 1.56. The van der Waals surface area contributed by atoms with Gasteiger partial charge in [-0.3, -0.25) is 19.3 Å². The SMILES string of the molecule is COc1cccc([C@H]2C3=C(C[C@@H](c4ccc(Cl)cc4)CC3=O)Nc3ccccc3N2C(=O)CCC(=O)O)c1. The third-order valence-corrected chi connectivity index (χ3v) is 7.31. The molecule has 1 amide bonds. The number of aliphatic carboxylic acids is 1. The average Bonchev–Trinajstić information content (AvgIpc) is 3.07. The second-order valence-corrected chi connectivity index (χ2v) is 9.89. The topological polar surface area (TPSA) is 95.9 Å². The van der Waals surface area contributed by atoms with Crippen LogP contribution < -0.4 is 15.0 Å². The van der Waals surface area contributed by atoms with E-state index >= 15 is 0 Å². The van der Waals surface area contributed by atoms with Crippen molar-refractivity contribution >= 4 is 40.6 Å². The highest BCUT2D eigenvalue weighted by molar-refractivity contribution is 6.30. The van der Waals surface area contributed by atoms with Crippen molar-refractivity contribution in [2.24, 2.45) is 0 Å². The van der Waals surface area contributed by atoms with Gasteiger partial charge in [-0.25, -0.2) is 0 Å². The summed E-state index contributed by atoms with van der Waals surface area (Å²) in [6.45, 7) is 0. The number of carbonyl (C=O) groups excluding carboxylic acids is 2. The second-order valence-electron chi connectivity index (χ2n) is 9.45. The zero-order valence-electron chi connectivity index (χ0n) is 20.8. The van der Waals surface area contributed by atoms with Gasteiger partial charge in [0.1, 0.15) is 5.75 Å². The Bertz CT molecular complexity index is 1430. The van der Waals surface area contributed by atoms with E-state index in [-0.39, 0.29) is 36.9 Å². The van der Waals surface area contributed by atoms with Crippen LogP contribution in [0.15, 0.2) is 84.1 Å². The molecule has 0 aromatic heterocycles. The number of hydrogen-bond donors (Lipinski definition) is 2. The monoisotopic (exact) mass is 530 g/mol. The predicted molar refractivity (Wildman–Crippen MR) is 146 cm³/mol. The highest BCUT2D eigenvalue weighted by Gasteiger charge is 2.41. The number of ether oxygens (including phenoxy) is 1. The lowest BCUT2D eigenvalue weighted by molar-refractivity contribution is -0.138. The number of Topliss-reactive ketones (excluding diaryl/α,β-unsaturated/α-hetero) is 1. The largest absolute Gasteiger partial charge is 0.497 e. The smallest absolute Gasteiger partial charge is 0.303 e. The Kier molecular flexibility index (Phi) is 7.20. The Morgan fingerprint density at radius 2 is 1.76 bits per heavy atom. The number of para-hydroxylation sites is 2. The molecule has 0 saturated heterocycles. The number of ketones is 1. The maximum absolute atomic E-state index is 14.0. The zero-order valence-corrected chi connectivity index (χ0v) is 21.6. The molecule has 0 radical (unpaired) electrons. The van der Waals surface area contributed by atoms with Gasteiger partial charge < -0.3 is 15.2 Å². The van der Waals surface area contributed by atoms with Crippen molar-refractivity contribution in [3.63, 3.8) is 0 Å². The summed E-state index contributed by atoms with van der Waals surface area (Å²) in [6, 6.07) is 21.4. The molecule has 2 N–H and O–H groups in total. The van der Waals surface area contributed by atoms with Crippen molar-refractivity contribution in [1.82, 2.24) is 0 Å². The summed E-state index contributed by atoms with van der Waals surface area (Å²) in [4.78, 5) is 40.6. The summed E-state index contributed by atoms with van der Waals surface area (Å²) in [5.41, 5.74) is 4.23. The number of nitrogens with zero attached hydrogens (tertiary/aromatic N) is 1. The van der Waals surface area contributed by atoms with Crippen molar-refractivity contribution in [3.8, 4) is 5.75 Å². The Morgan fingerprint density at radius 3 is 2.50 bits per heavy atom. The molecular weight excluding hydrogens is 504 g/mol. The molecule has 2 aliphatic rings. The van der Waals surface area contributed by atoms with E-state index in [1.165, 1.54) is 0 Å². The number of carboxylic acids is 1. The number of amides is 1. The number of benzene rings is 3. The molecule has 5 rings (SSSR count). The molecule has 3 aromatic carbocycles. The van der Waals surface area contributed by atoms with Crippen LogP contribution in [0.2, 0.25) is 5.02 Å². The van der Waals surface area contributed by atoms with Crippen LogP contribution in [0.3, 0.4) is 0 Å². The summed E-state index contributed by atoms with van der Waals surface area (Å²) >= 11 is 6.10. The van der Waals surface area contributed by atoms with Gasteiger partial charge in [0.15, 0.2) is 5.78 Å². The van der Waals surface area contributed by atoms with Gasteiger partial charge in [-0.2, -0.15) is 0 Å². The Morgan fingerprint density at radius 1 is 1.00 bits per heavy atom. The van der Waals surface area contributed by atoms with Crippen LogP contribution in [0.5, 0.6) is 5.75 Å². The van der Waals surface area contributed by atoms with E-state index in [1.54, 1.807) is 18.1 Å². The van der Waals surface area contributed by atoms with Crippen molar-refractivity contribution in [3.05, 3.63) is 100 Å². The van der Waals surface area contributed by atoms with Gasteiger partial charge in [0, 0.05) is 29.1 Å². The molecular formula is C30H27ClN2O5. The molecule has 0 saturated carbocycles. The lowest BCUT2D eigenvalue weighted by Crippen LogP contribution is -2.38. The van der Waals surface area contributed by atoms with Gasteiger partial charge in [0.05, 0.1) is 30.9 Å². The zero-order chi connectivity index (χ0) is 26.8. The minimum atomic E-state index is -1.06. The summed E-state index contributed by atoms with van der Waals surface area (Å²) in [5.74, 6) is -0.975. The van der Waals surface area contributed by atoms with Gasteiger partial charge >= 0.3 is 5.97 Å². The van der Waals surface area contributed by atoms with Crippen molar-refractivity contribution < 1.29 is 24.2 Å². The van der Waals surface area contributed by atoms with E-state index in [2.05, 4.69) is 5.32 Å². The van der Waals surface area contributed by atoms with E-state index in [0.29, 0.717) is 39.7 Å². The van der Waals surface area contributed by atoms with E-state index < -0.39 is 12.0 Å². The number of methoxy groups -OCH3 is 1. The van der Waals surface area contributed by atoms with Crippen molar-refractivity contribution in [2.75, 3.05) is 17.3 Å². The van der Waals surface area contributed by atoms with Gasteiger partial charge in [0.25, 0.3) is 0 Å². The standard InChI is InChI=1S/C30H27ClN2O5/c1-38-22-6-4-5-19(15-22)30-29-24(16-20(17-26(29)34)18-9-11-21(31)12-10-18)32-23-7-2-3-8-25(23)33(30)27(35)13-14-28(36)37/h2-12,15,20,30,32H,13-14,16-17H2,1H3,(H,36,37)/t20-,30+/m1/s1. The number of rotatable bonds is 6. The lowest BCUT2D eigenvalue weighted by Gasteiger charge is -2.35. The van der Waals surface area contributed by atoms with Crippen LogP contribution in [0.4, 0.5) is 11.4 Å². The fourth-order valence-electron chi connectivity index (χ4n) is 5.30. The maximum Gasteiger partial charge on any atom is 0.303 e. The fourth-order valence-corrected chi connectivity index (χ4v) is 5.42. The predicted octanol–water partition coefficient (Wildman–Crippen LogP) is 6.11. The molecule has 7 nitrogen and oxygen atoms in total. The number of halogens is 1. The first-order valence-electron chi connectivity index (χ1n) is 12.4. The number of fused-ring (bicyclic) bond motifs is 1. The van der Waals surface area contributed by atoms with Crippen LogP contribution in [0, 0.1) is 0 Å². The molecule has 194 valence electrons. The maximum atomic E-state index is 14.0. The second kappa shape index (κ2) is 10.7. The first-order chi connectivity index (χ1) is 18.4. The molecule has 8 heteroatoms. The Balaban J connectivity index is 1.68. The van der Waals surface area contributed by atoms with E-state index in [9.17, 15) is 19.5 Å². The van der Waals surface area contributed by atoms with E-state index in [0.717, 1.165) is 11.3 Å². The first-order valence-corrected chi connectivity index (χ1v) is 12.8. The lowest BCUT2D eigenvalue weighted by atomic mass is 9.78. The van der Waals surface area contributed by atoms with Crippen LogP contribution in [-0.4, -0.2) is 29.9 Å². The van der Waals surface area contributed by atoms with E-state index in [1.807, 2.05) is 66.7 Å². The molecule has 1 heterocycles. The molecule has 1 aliphatic carbocycles. The fraction of sp³-hybridized carbons (Fsp3) is 0.233. The van der Waals surface area contributed by atoms with Crippen molar-refractivity contribution in [1.29, 1.82) is 0 Å². The number of carboxylic acid groups (broad SMARTS) is 1. The quantitative estimate of drug-likeness (QED) is 0.399. The third-order valence-electron chi connectivity index (χ3n) is 7.06. The summed E-state index contributed by atoms with van der Waals surface area (Å²) in [5, 5.41) is 13.4. The number of nitrogens with one attached hydrogen (secondary N) is 1. The van der Waals surface area contributed by atoms with E-state index in [4.69, 9.17) is 16.3 Å². The number of anilines is 2. The minimum Gasteiger partial charge on any atom is -0.497 e. The highest BCUT2D eigenvalue weighted by atomic mass is 35.5. The van der Waals surface area contributed by atoms with Crippen LogP contribution >= 0.6 is 11.6 Å². The van der Waals surface area contributed by atoms with Crippen LogP contribution in [-0.2, 0) is 14.4 Å². The summed E-state index contributed by atoms with van der Waals surface area (Å²) in [6.07, 6.45) is 0.327. The molecule has 0 spiro atoms. The minimum absolute atomic E-state index is 0.0570. The average molecular weight is 531 g/mol. The molecule has 38 heavy (non-hydrogen) atoms. The number of carbonyl (C=O) groups is 3. The molecule has 0 fully saturated rings. The number of hydrogen-bond acceptors (Lipinski definition) is 5. The normalized spacial score (nSPS) is 18.7. The summed E-state index contributed by atoms with van der Waals surface area (Å²) < 4.78 is 5.46. The van der Waals surface area contributed by atoms with Crippen LogP contribution in [0.25, 0.3) is 0 Å². The molecule has 1 aliphatic heterocycles. The van der Waals surface area contributed by atoms with Gasteiger partial charge in [0.2, 0.25) is 5.91 Å². The third kappa shape index (κ3) is 5.02. The number of allylic oxidation sites excluding steroid dienone is 1. The van der Waals surface area contributed by atoms with Crippen molar-refractivity contribution in [2.45, 2.75) is 37.6 Å². The highest BCUT2D eigenvalue weighted by Crippen LogP contribution is 2.48. The molecule has 3 aromatic rings. The van der Waals surface area contributed by atoms with Gasteiger partial charge in [-0.15, -0.1) is 0 Å². The van der Waals surface area contributed by atoms with Gasteiger partial charge in [-0.05, 0) is 59.9 Å². The van der Waals surface area contributed by atoms with Crippen LogP contribution in [0.1, 0.15) is 48.8 Å². The van der Waals surface area contributed by atoms with Gasteiger partial charge in [-0.1, -0.05) is 48.0 Å². The molecule has 0 bridgehead atoms. The first kappa shape index (κ1) is 25.5. The Hall–Kier alpha value is -4.10. The molecule has 0 unspecified atom stereocenters. The Labute approximate surface area is 225 Å². The molecule has 2 atom stereocenters.